The van der Waals surface area contributed by atoms with E-state index in [0.717, 1.165) is 25.3 Å². The molecule has 1 spiro atoms. The minimum absolute atomic E-state index is 0.0145. The fraction of sp³-hybridized carbons (Fsp3) is 0.609. The molecule has 0 saturated carbocycles. The number of amides is 1. The van der Waals surface area contributed by atoms with Crippen LogP contribution in [0.25, 0.3) is 0 Å². The number of aliphatic hydroxyl groups excluding tert-OH is 1. The molecule has 1 aromatic rings. The summed E-state index contributed by atoms with van der Waals surface area (Å²) in [5.74, 6) is -1.49. The van der Waals surface area contributed by atoms with Gasteiger partial charge in [-0.3, -0.25) is 9.69 Å². The van der Waals surface area contributed by atoms with E-state index in [-0.39, 0.29) is 23.4 Å². The Labute approximate surface area is 186 Å². The first-order valence-electron chi connectivity index (χ1n) is 11.0. The van der Waals surface area contributed by atoms with Gasteiger partial charge in [-0.2, -0.15) is 0 Å². The van der Waals surface area contributed by atoms with Crippen LogP contribution in [0.2, 0.25) is 0 Å². The van der Waals surface area contributed by atoms with Crippen LogP contribution < -0.4 is 0 Å². The lowest BCUT2D eigenvalue weighted by Crippen LogP contribution is -2.58. The van der Waals surface area contributed by atoms with Gasteiger partial charge in [-0.1, -0.05) is 12.1 Å². The summed E-state index contributed by atoms with van der Waals surface area (Å²) in [7, 11) is 0. The maximum absolute atomic E-state index is 14.3. The molecule has 0 bridgehead atoms. The summed E-state index contributed by atoms with van der Waals surface area (Å²) in [6, 6.07) is 2.80. The molecular formula is C23H30F2N2O3S. The van der Waals surface area contributed by atoms with E-state index in [1.807, 2.05) is 11.8 Å². The van der Waals surface area contributed by atoms with Crippen LogP contribution in [0.1, 0.15) is 37.3 Å². The lowest BCUT2D eigenvalue weighted by Gasteiger charge is -2.47. The topological polar surface area (TPSA) is 53.0 Å². The average Bonchev–Trinajstić information content (AvgIpc) is 3.19. The maximum atomic E-state index is 14.3. The Balaban J connectivity index is 1.35. The Hall–Kier alpha value is -1.48. The predicted molar refractivity (Wildman–Crippen MR) is 117 cm³/mol. The Morgan fingerprint density at radius 3 is 2.74 bits per heavy atom. The number of ether oxygens (including phenoxy) is 1. The first kappa shape index (κ1) is 22.7. The molecule has 8 heteroatoms. The van der Waals surface area contributed by atoms with Gasteiger partial charge >= 0.3 is 0 Å². The highest BCUT2D eigenvalue weighted by atomic mass is 32.2. The van der Waals surface area contributed by atoms with Crippen LogP contribution in [0.4, 0.5) is 8.78 Å². The summed E-state index contributed by atoms with van der Waals surface area (Å²) in [5.41, 5.74) is 0.574. The van der Waals surface area contributed by atoms with Crippen molar-refractivity contribution in [1.82, 2.24) is 9.80 Å². The molecule has 170 valence electrons. The lowest BCUT2D eigenvalue weighted by atomic mass is 9.89. The number of piperidine rings is 1. The van der Waals surface area contributed by atoms with E-state index in [1.54, 1.807) is 17.8 Å². The normalized spacial score (nSPS) is 23.9. The molecule has 2 fully saturated rings. The molecule has 31 heavy (non-hydrogen) atoms. The predicted octanol–water partition coefficient (Wildman–Crippen LogP) is 3.10. The number of hydrogen-bond donors (Lipinski definition) is 1. The van der Waals surface area contributed by atoms with Crippen LogP contribution in [-0.2, 0) is 22.5 Å². The van der Waals surface area contributed by atoms with Gasteiger partial charge in [-0.15, -0.1) is 11.8 Å². The van der Waals surface area contributed by atoms with Crippen molar-refractivity contribution in [2.45, 2.75) is 50.0 Å². The first-order chi connectivity index (χ1) is 14.9. The molecule has 5 nitrogen and oxygen atoms in total. The number of rotatable bonds is 5. The summed E-state index contributed by atoms with van der Waals surface area (Å²) in [5, 5.41) is 9.09. The number of allylic oxidation sites excluding steroid dienone is 2. The molecule has 3 aliphatic rings. The van der Waals surface area contributed by atoms with E-state index in [9.17, 15) is 13.6 Å². The zero-order valence-electron chi connectivity index (χ0n) is 17.9. The van der Waals surface area contributed by atoms with Gasteiger partial charge in [-0.05, 0) is 49.1 Å². The summed E-state index contributed by atoms with van der Waals surface area (Å²) in [6.07, 6.45) is 4.74. The number of nitrogens with zero attached hydrogens (tertiary/aromatic N) is 2. The first-order valence-corrected chi connectivity index (χ1v) is 11.8. The molecule has 2 saturated heterocycles. The standard InChI is InChI=1S/C23H30F2N2O3S/c1-16-2-3-20(31-16)22(29)27-9-11-30-23(15-27)5-7-26(8-6-23)14-18-12-17(4-10-28)13-19(24)21(18)25/h2,12-13,20,28H,3-11,14-15H2,1H3. The monoisotopic (exact) mass is 452 g/mol. The van der Waals surface area contributed by atoms with E-state index in [4.69, 9.17) is 9.84 Å². The average molecular weight is 453 g/mol. The fourth-order valence-electron chi connectivity index (χ4n) is 4.74. The van der Waals surface area contributed by atoms with Crippen molar-refractivity contribution in [3.05, 3.63) is 45.9 Å². The molecule has 0 aromatic heterocycles. The van der Waals surface area contributed by atoms with Gasteiger partial charge in [0.1, 0.15) is 0 Å². The number of carbonyl (C=O) groups is 1. The third-order valence-corrected chi connectivity index (χ3v) is 7.73. The largest absolute Gasteiger partial charge is 0.396 e. The molecule has 0 radical (unpaired) electrons. The van der Waals surface area contributed by atoms with Gasteiger partial charge in [0.2, 0.25) is 5.91 Å². The molecule has 3 heterocycles. The second-order valence-corrected chi connectivity index (χ2v) is 10.2. The number of benzene rings is 1. The smallest absolute Gasteiger partial charge is 0.236 e. The summed E-state index contributed by atoms with van der Waals surface area (Å²) >= 11 is 1.65. The van der Waals surface area contributed by atoms with Crippen LogP contribution in [0.5, 0.6) is 0 Å². The highest BCUT2D eigenvalue weighted by Crippen LogP contribution is 2.36. The number of aliphatic hydroxyl groups is 1. The van der Waals surface area contributed by atoms with Crippen molar-refractivity contribution in [3.63, 3.8) is 0 Å². The minimum Gasteiger partial charge on any atom is -0.396 e. The van der Waals surface area contributed by atoms with E-state index in [1.165, 1.54) is 4.91 Å². The maximum Gasteiger partial charge on any atom is 0.236 e. The Bertz CT molecular complexity index is 855. The molecule has 1 aromatic carbocycles. The second kappa shape index (κ2) is 9.57. The van der Waals surface area contributed by atoms with Crippen LogP contribution >= 0.6 is 11.8 Å². The van der Waals surface area contributed by atoms with Crippen molar-refractivity contribution >= 4 is 17.7 Å². The van der Waals surface area contributed by atoms with Crippen LogP contribution in [0.3, 0.4) is 0 Å². The number of carbonyl (C=O) groups excluding carboxylic acids is 1. The molecule has 1 unspecified atom stereocenters. The third-order valence-electron chi connectivity index (χ3n) is 6.51. The number of hydrogen-bond acceptors (Lipinski definition) is 5. The molecule has 3 aliphatic heterocycles. The van der Waals surface area contributed by atoms with Crippen LogP contribution in [-0.4, -0.2) is 71.1 Å². The van der Waals surface area contributed by atoms with Crippen molar-refractivity contribution < 1.29 is 23.4 Å². The zero-order valence-corrected chi connectivity index (χ0v) is 18.7. The number of halogens is 2. The van der Waals surface area contributed by atoms with E-state index >= 15 is 0 Å². The number of thioether (sulfide) groups is 1. The summed E-state index contributed by atoms with van der Waals surface area (Å²) in [6.45, 7) is 5.44. The molecule has 0 aliphatic carbocycles. The van der Waals surface area contributed by atoms with Crippen LogP contribution in [0.15, 0.2) is 23.1 Å². The van der Waals surface area contributed by atoms with Crippen molar-refractivity contribution in [2.24, 2.45) is 0 Å². The highest BCUT2D eigenvalue weighted by Gasteiger charge is 2.42. The van der Waals surface area contributed by atoms with Gasteiger partial charge < -0.3 is 14.7 Å². The van der Waals surface area contributed by atoms with Crippen molar-refractivity contribution in [3.8, 4) is 0 Å². The SMILES string of the molecule is CC1=CCC(C(=O)N2CCOC3(CCN(Cc4cc(CCO)cc(F)c4F)CC3)C2)S1. The third kappa shape index (κ3) is 5.13. The molecule has 1 amide bonds. The van der Waals surface area contributed by atoms with E-state index in [2.05, 4.69) is 11.0 Å². The Morgan fingerprint density at radius 2 is 2.06 bits per heavy atom. The highest BCUT2D eigenvalue weighted by molar-refractivity contribution is 8.04. The van der Waals surface area contributed by atoms with Crippen molar-refractivity contribution in [1.29, 1.82) is 0 Å². The van der Waals surface area contributed by atoms with Gasteiger partial charge in [-0.25, -0.2) is 8.78 Å². The van der Waals surface area contributed by atoms with Gasteiger partial charge in [0.15, 0.2) is 11.6 Å². The summed E-state index contributed by atoms with van der Waals surface area (Å²) in [4.78, 5) is 18.2. The molecule has 1 N–H and O–H groups in total. The number of likely N-dealkylation sites (tertiary alicyclic amines) is 1. The van der Waals surface area contributed by atoms with Crippen molar-refractivity contribution in [2.75, 3.05) is 39.4 Å². The van der Waals surface area contributed by atoms with Gasteiger partial charge in [0.05, 0.1) is 17.5 Å². The second-order valence-electron chi connectivity index (χ2n) is 8.75. The molecule has 4 rings (SSSR count). The summed E-state index contributed by atoms with van der Waals surface area (Å²) < 4.78 is 34.4. The Morgan fingerprint density at radius 1 is 1.29 bits per heavy atom. The molecule has 1 atom stereocenters. The lowest BCUT2D eigenvalue weighted by molar-refractivity contribution is -0.159. The van der Waals surface area contributed by atoms with Gasteiger partial charge in [0.25, 0.3) is 0 Å². The number of morpholine rings is 1. The van der Waals surface area contributed by atoms with E-state index < -0.39 is 11.6 Å². The quantitative estimate of drug-likeness (QED) is 0.744. The van der Waals surface area contributed by atoms with E-state index in [0.29, 0.717) is 56.9 Å². The molecular weight excluding hydrogens is 422 g/mol. The van der Waals surface area contributed by atoms with Crippen LogP contribution in [0, 0.1) is 11.6 Å². The zero-order chi connectivity index (χ0) is 22.0. The fourth-order valence-corrected chi connectivity index (χ4v) is 5.82. The Kier molecular flexibility index (Phi) is 7.01. The minimum atomic E-state index is -0.867. The van der Waals surface area contributed by atoms with Gasteiger partial charge in [0, 0.05) is 44.9 Å².